The molecule has 0 spiro atoms. The summed E-state index contributed by atoms with van der Waals surface area (Å²) in [7, 11) is 0. The first-order valence-electron chi connectivity index (χ1n) is 7.30. The molecule has 3 N–H and O–H groups in total. The summed E-state index contributed by atoms with van der Waals surface area (Å²) >= 11 is 0. The number of anilines is 2. The van der Waals surface area contributed by atoms with Crippen LogP contribution in [0.4, 0.5) is 11.8 Å². The Morgan fingerprint density at radius 2 is 2.05 bits per heavy atom. The van der Waals surface area contributed by atoms with E-state index in [1.165, 1.54) is 0 Å². The lowest BCUT2D eigenvalue weighted by Crippen LogP contribution is -2.31. The van der Waals surface area contributed by atoms with Gasteiger partial charge in [0.05, 0.1) is 12.1 Å². The van der Waals surface area contributed by atoms with Crippen LogP contribution in [0.2, 0.25) is 0 Å². The normalized spacial score (nSPS) is 14.0. The number of fused-ring (bicyclic) bond motifs is 1. The first-order valence-corrected chi connectivity index (χ1v) is 7.30. The average Bonchev–Trinajstić information content (AvgIpc) is 3.29. The van der Waals surface area contributed by atoms with E-state index in [0.717, 1.165) is 30.3 Å². The van der Waals surface area contributed by atoms with Gasteiger partial charge in [0.1, 0.15) is 5.82 Å². The van der Waals surface area contributed by atoms with E-state index in [4.69, 9.17) is 0 Å². The first kappa shape index (κ1) is 13.6. The van der Waals surface area contributed by atoms with Crippen molar-refractivity contribution in [1.82, 2.24) is 15.3 Å². The molecule has 6 nitrogen and oxygen atoms in total. The number of nitrogens with zero attached hydrogens (tertiary/aromatic N) is 2. The second-order valence-corrected chi connectivity index (χ2v) is 5.14. The quantitative estimate of drug-likeness (QED) is 0.753. The highest BCUT2D eigenvalue weighted by Gasteiger charge is 2.23. The summed E-state index contributed by atoms with van der Waals surface area (Å²) in [6.45, 7) is 2.97. The summed E-state index contributed by atoms with van der Waals surface area (Å²) in [6, 6.07) is 8.14. The molecule has 1 fully saturated rings. The number of para-hydroxylation sites is 1. The van der Waals surface area contributed by atoms with E-state index in [1.54, 1.807) is 0 Å². The molecule has 0 bridgehead atoms. The van der Waals surface area contributed by atoms with Crippen LogP contribution in [0, 0.1) is 0 Å². The maximum atomic E-state index is 11.8. The third kappa shape index (κ3) is 3.39. The molecule has 1 aromatic heterocycles. The van der Waals surface area contributed by atoms with Gasteiger partial charge in [-0.05, 0) is 31.9 Å². The van der Waals surface area contributed by atoms with E-state index in [2.05, 4.69) is 25.9 Å². The van der Waals surface area contributed by atoms with Crippen LogP contribution < -0.4 is 16.0 Å². The summed E-state index contributed by atoms with van der Waals surface area (Å²) in [6.07, 6.45) is 2.18. The third-order valence-corrected chi connectivity index (χ3v) is 3.30. The summed E-state index contributed by atoms with van der Waals surface area (Å²) in [4.78, 5) is 20.7. The molecule has 3 rings (SSSR count). The molecule has 1 aliphatic carbocycles. The number of carbonyl (C=O) groups is 1. The number of hydrogen-bond donors (Lipinski definition) is 3. The van der Waals surface area contributed by atoms with Crippen molar-refractivity contribution < 1.29 is 4.79 Å². The van der Waals surface area contributed by atoms with Gasteiger partial charge in [-0.3, -0.25) is 4.79 Å². The van der Waals surface area contributed by atoms with Crippen LogP contribution in [-0.4, -0.2) is 35.0 Å². The molecule has 0 saturated heterocycles. The zero-order chi connectivity index (χ0) is 14.7. The lowest BCUT2D eigenvalue weighted by molar-refractivity contribution is -0.119. The van der Waals surface area contributed by atoms with Crippen molar-refractivity contribution in [2.45, 2.75) is 25.8 Å². The standard InChI is InChI=1S/C15H19N5O/c1-2-16-15-19-12-6-4-3-5-11(12)14(20-15)17-9-13(21)18-10-7-8-10/h3-6,10H,2,7-9H2,1H3,(H,18,21)(H2,16,17,19,20). The van der Waals surface area contributed by atoms with Crippen LogP contribution in [0.1, 0.15) is 19.8 Å². The Bertz CT molecular complexity index is 654. The first-order chi connectivity index (χ1) is 10.3. The highest BCUT2D eigenvalue weighted by Crippen LogP contribution is 2.22. The van der Waals surface area contributed by atoms with Gasteiger partial charge >= 0.3 is 0 Å². The molecule has 0 atom stereocenters. The number of rotatable bonds is 6. The average molecular weight is 285 g/mol. The number of hydrogen-bond acceptors (Lipinski definition) is 5. The Kier molecular flexibility index (Phi) is 3.85. The van der Waals surface area contributed by atoms with Gasteiger partial charge in [0, 0.05) is 18.0 Å². The van der Waals surface area contributed by atoms with Crippen LogP contribution in [0.3, 0.4) is 0 Å². The van der Waals surface area contributed by atoms with Gasteiger partial charge in [-0.1, -0.05) is 12.1 Å². The molecule has 0 unspecified atom stereocenters. The minimum absolute atomic E-state index is 0.00481. The number of nitrogens with one attached hydrogen (secondary N) is 3. The van der Waals surface area contributed by atoms with E-state index >= 15 is 0 Å². The predicted octanol–water partition coefficient (Wildman–Crippen LogP) is 1.75. The summed E-state index contributed by atoms with van der Waals surface area (Å²) in [5, 5.41) is 10.1. The molecule has 21 heavy (non-hydrogen) atoms. The SMILES string of the molecule is CCNc1nc(NCC(=O)NC2CC2)c2ccccc2n1. The molecule has 0 aliphatic heterocycles. The van der Waals surface area contributed by atoms with E-state index in [0.29, 0.717) is 17.8 Å². The fourth-order valence-electron chi connectivity index (χ4n) is 2.12. The van der Waals surface area contributed by atoms with Crippen LogP contribution >= 0.6 is 0 Å². The lowest BCUT2D eigenvalue weighted by atomic mass is 10.2. The van der Waals surface area contributed by atoms with Gasteiger partial charge in [-0.15, -0.1) is 0 Å². The number of aromatic nitrogens is 2. The molecule has 1 amide bonds. The van der Waals surface area contributed by atoms with E-state index in [1.807, 2.05) is 31.2 Å². The molecule has 2 aromatic rings. The van der Waals surface area contributed by atoms with Gasteiger partial charge in [0.2, 0.25) is 11.9 Å². The van der Waals surface area contributed by atoms with Crippen molar-refractivity contribution >= 4 is 28.6 Å². The van der Waals surface area contributed by atoms with Crippen LogP contribution in [0.15, 0.2) is 24.3 Å². The van der Waals surface area contributed by atoms with Crippen LogP contribution in [0.25, 0.3) is 10.9 Å². The Labute approximate surface area is 123 Å². The van der Waals surface area contributed by atoms with Gasteiger partial charge in [-0.2, -0.15) is 4.98 Å². The molecule has 1 aromatic carbocycles. The minimum atomic E-state index is 0.00481. The minimum Gasteiger partial charge on any atom is -0.360 e. The smallest absolute Gasteiger partial charge is 0.239 e. The van der Waals surface area contributed by atoms with Gasteiger partial charge in [-0.25, -0.2) is 4.98 Å². The molecule has 1 heterocycles. The molecule has 6 heteroatoms. The predicted molar refractivity (Wildman–Crippen MR) is 83.4 cm³/mol. The van der Waals surface area contributed by atoms with Crippen molar-refractivity contribution in [1.29, 1.82) is 0 Å². The highest BCUT2D eigenvalue weighted by atomic mass is 16.2. The lowest BCUT2D eigenvalue weighted by Gasteiger charge is -2.11. The fraction of sp³-hybridized carbons (Fsp3) is 0.400. The van der Waals surface area contributed by atoms with E-state index in [-0.39, 0.29) is 12.5 Å². The van der Waals surface area contributed by atoms with Crippen molar-refractivity contribution in [3.05, 3.63) is 24.3 Å². The Balaban J connectivity index is 1.79. The topological polar surface area (TPSA) is 78.9 Å². The van der Waals surface area contributed by atoms with Crippen LogP contribution in [-0.2, 0) is 4.79 Å². The molecule has 1 saturated carbocycles. The molecular weight excluding hydrogens is 266 g/mol. The van der Waals surface area contributed by atoms with Gasteiger partial charge in [0.15, 0.2) is 0 Å². The highest BCUT2D eigenvalue weighted by molar-refractivity contribution is 5.91. The van der Waals surface area contributed by atoms with Crippen molar-refractivity contribution in [3.8, 4) is 0 Å². The number of amides is 1. The zero-order valence-electron chi connectivity index (χ0n) is 12.0. The molecule has 1 aliphatic rings. The summed E-state index contributed by atoms with van der Waals surface area (Å²) in [5.74, 6) is 1.26. The van der Waals surface area contributed by atoms with E-state index < -0.39 is 0 Å². The fourth-order valence-corrected chi connectivity index (χ4v) is 2.12. The summed E-state index contributed by atoms with van der Waals surface area (Å²) < 4.78 is 0. The Hall–Kier alpha value is -2.37. The molecule has 0 radical (unpaired) electrons. The number of benzene rings is 1. The summed E-state index contributed by atoms with van der Waals surface area (Å²) in [5.41, 5.74) is 0.855. The van der Waals surface area contributed by atoms with Crippen molar-refractivity contribution in [2.24, 2.45) is 0 Å². The second-order valence-electron chi connectivity index (χ2n) is 5.14. The Morgan fingerprint density at radius 3 is 2.81 bits per heavy atom. The largest absolute Gasteiger partial charge is 0.360 e. The third-order valence-electron chi connectivity index (χ3n) is 3.30. The monoisotopic (exact) mass is 285 g/mol. The number of carbonyl (C=O) groups excluding carboxylic acids is 1. The van der Waals surface area contributed by atoms with E-state index in [9.17, 15) is 4.79 Å². The van der Waals surface area contributed by atoms with Gasteiger partial charge in [0.25, 0.3) is 0 Å². The maximum absolute atomic E-state index is 11.8. The van der Waals surface area contributed by atoms with Gasteiger partial charge < -0.3 is 16.0 Å². The molecular formula is C15H19N5O. The second kappa shape index (κ2) is 5.95. The van der Waals surface area contributed by atoms with Crippen molar-refractivity contribution in [3.63, 3.8) is 0 Å². The Morgan fingerprint density at radius 1 is 1.24 bits per heavy atom. The maximum Gasteiger partial charge on any atom is 0.239 e. The zero-order valence-corrected chi connectivity index (χ0v) is 12.0. The van der Waals surface area contributed by atoms with Crippen LogP contribution in [0.5, 0.6) is 0 Å². The van der Waals surface area contributed by atoms with Crippen molar-refractivity contribution in [2.75, 3.05) is 23.7 Å². The molecule has 110 valence electrons.